The number of benzene rings is 3. The monoisotopic (exact) mass is 701 g/mol. The van der Waals surface area contributed by atoms with E-state index >= 15 is 4.39 Å². The molecule has 13 heteroatoms. The van der Waals surface area contributed by atoms with Crippen molar-refractivity contribution in [1.29, 1.82) is 0 Å². The number of anilines is 2. The zero-order valence-corrected chi connectivity index (χ0v) is 29.2. The molecule has 3 amide bonds. The fraction of sp³-hybridized carbons (Fsp3) is 0.395. The lowest BCUT2D eigenvalue weighted by Gasteiger charge is -2.36. The molecule has 51 heavy (non-hydrogen) atoms. The van der Waals surface area contributed by atoms with Gasteiger partial charge in [-0.25, -0.2) is 14.0 Å². The third-order valence-corrected chi connectivity index (χ3v) is 8.52. The molecule has 0 saturated carbocycles. The molecule has 0 radical (unpaired) electrons. The summed E-state index contributed by atoms with van der Waals surface area (Å²) in [5.41, 5.74) is 2.14. The number of hydrogen-bond acceptors (Lipinski definition) is 9. The van der Waals surface area contributed by atoms with Crippen LogP contribution in [0.25, 0.3) is 0 Å². The van der Waals surface area contributed by atoms with Crippen molar-refractivity contribution in [2.24, 2.45) is 0 Å². The van der Waals surface area contributed by atoms with E-state index in [1.165, 1.54) is 11.0 Å². The largest absolute Gasteiger partial charge is 0.444 e. The minimum Gasteiger partial charge on any atom is -0.444 e. The maximum Gasteiger partial charge on any atom is 0.414 e. The molecule has 270 valence electrons. The summed E-state index contributed by atoms with van der Waals surface area (Å²) in [6, 6.07) is 20.7. The number of ketones is 2. The molecule has 0 aliphatic carbocycles. The molecular formula is C38H44FN5O7. The van der Waals surface area contributed by atoms with Crippen LogP contribution in [0.1, 0.15) is 59.9 Å². The number of piperazine rings is 1. The van der Waals surface area contributed by atoms with Crippen LogP contribution in [0, 0.1) is 5.82 Å². The van der Waals surface area contributed by atoms with Gasteiger partial charge in [-0.2, -0.15) is 0 Å². The van der Waals surface area contributed by atoms with Crippen molar-refractivity contribution < 1.29 is 37.8 Å². The normalized spacial score (nSPS) is 16.1. The number of nitrogens with zero attached hydrogens (tertiary/aromatic N) is 3. The molecule has 2 heterocycles. The third kappa shape index (κ3) is 10.4. The zero-order valence-electron chi connectivity index (χ0n) is 29.2. The van der Waals surface area contributed by atoms with Crippen molar-refractivity contribution in [3.63, 3.8) is 0 Å². The summed E-state index contributed by atoms with van der Waals surface area (Å²) < 4.78 is 25.8. The highest BCUT2D eigenvalue weighted by Gasteiger charge is 2.34. The smallest absolute Gasteiger partial charge is 0.414 e. The number of rotatable bonds is 13. The maximum atomic E-state index is 15.3. The standard InChI is InChI=1S/C38H44FN5O7/c1-38(2,3)51-36(48)41-23-30-25-44(37(49)50-30)29-13-14-32(31(39)21-29)42-17-19-43(20-18-42)35(47)16-15-33(45)28-11-9-26(10-12-28)22-40-24-34(46)27-7-5-4-6-8-27/h4-14,21,30,40H,15-20,22-25H2,1-3H3,(H,41,48)/t30-/m0/s1. The van der Waals surface area contributed by atoms with Crippen molar-refractivity contribution in [3.8, 4) is 0 Å². The van der Waals surface area contributed by atoms with Gasteiger partial charge >= 0.3 is 12.2 Å². The highest BCUT2D eigenvalue weighted by molar-refractivity contribution is 5.98. The van der Waals surface area contributed by atoms with Gasteiger partial charge in [0.1, 0.15) is 17.5 Å². The summed E-state index contributed by atoms with van der Waals surface area (Å²) in [6.45, 7) is 7.70. The van der Waals surface area contributed by atoms with Crippen LogP contribution < -0.4 is 20.4 Å². The molecule has 3 aromatic rings. The van der Waals surface area contributed by atoms with Crippen molar-refractivity contribution in [2.75, 3.05) is 55.6 Å². The van der Waals surface area contributed by atoms with Crippen LogP contribution in [0.2, 0.25) is 0 Å². The molecule has 0 spiro atoms. The zero-order chi connectivity index (χ0) is 36.5. The molecule has 12 nitrogen and oxygen atoms in total. The summed E-state index contributed by atoms with van der Waals surface area (Å²) in [7, 11) is 0. The number of carbonyl (C=O) groups excluding carboxylic acids is 5. The number of amides is 3. The number of nitrogens with one attached hydrogen (secondary N) is 2. The Bertz CT molecular complexity index is 1720. The summed E-state index contributed by atoms with van der Waals surface area (Å²) in [4.78, 5) is 67.3. The lowest BCUT2D eigenvalue weighted by atomic mass is 10.0. The molecule has 2 fully saturated rings. The second kappa shape index (κ2) is 16.6. The highest BCUT2D eigenvalue weighted by atomic mass is 19.1. The maximum absolute atomic E-state index is 15.3. The second-order valence-corrected chi connectivity index (χ2v) is 13.5. The van der Waals surface area contributed by atoms with E-state index < -0.39 is 29.7 Å². The molecule has 0 aromatic heterocycles. The van der Waals surface area contributed by atoms with Crippen LogP contribution in [0.4, 0.5) is 25.4 Å². The van der Waals surface area contributed by atoms with Gasteiger partial charge in [-0.15, -0.1) is 0 Å². The minimum atomic E-state index is -0.660. The van der Waals surface area contributed by atoms with E-state index in [0.717, 1.165) is 5.56 Å². The molecule has 2 N–H and O–H groups in total. The lowest BCUT2D eigenvalue weighted by Crippen LogP contribution is -2.49. The third-order valence-electron chi connectivity index (χ3n) is 8.52. The van der Waals surface area contributed by atoms with Crippen molar-refractivity contribution in [2.45, 2.75) is 51.9 Å². The molecule has 2 aliphatic rings. The molecule has 2 saturated heterocycles. The average Bonchev–Trinajstić information content (AvgIpc) is 3.49. The number of carbonyl (C=O) groups is 5. The lowest BCUT2D eigenvalue weighted by molar-refractivity contribution is -0.131. The van der Waals surface area contributed by atoms with Gasteiger partial charge in [-0.05, 0) is 44.5 Å². The first-order valence-electron chi connectivity index (χ1n) is 17.0. The van der Waals surface area contributed by atoms with Crippen LogP contribution in [-0.2, 0) is 20.8 Å². The van der Waals surface area contributed by atoms with Crippen LogP contribution in [0.5, 0.6) is 0 Å². The minimum absolute atomic E-state index is 0.00441. The molecule has 1 atom stereocenters. The first kappa shape index (κ1) is 37.0. The van der Waals surface area contributed by atoms with E-state index in [-0.39, 0.29) is 49.9 Å². The predicted molar refractivity (Wildman–Crippen MR) is 190 cm³/mol. The summed E-state index contributed by atoms with van der Waals surface area (Å²) in [6.07, 6.45) is -1.72. The molecule has 0 unspecified atom stereocenters. The van der Waals surface area contributed by atoms with Gasteiger partial charge in [-0.1, -0.05) is 54.6 Å². The Balaban J connectivity index is 1.03. The summed E-state index contributed by atoms with van der Waals surface area (Å²) >= 11 is 0. The first-order chi connectivity index (χ1) is 24.4. The summed E-state index contributed by atoms with van der Waals surface area (Å²) in [5, 5.41) is 5.71. The average molecular weight is 702 g/mol. The van der Waals surface area contributed by atoms with E-state index in [1.54, 1.807) is 62.1 Å². The van der Waals surface area contributed by atoms with Crippen LogP contribution >= 0.6 is 0 Å². The number of ether oxygens (including phenoxy) is 2. The van der Waals surface area contributed by atoms with E-state index in [4.69, 9.17) is 9.47 Å². The van der Waals surface area contributed by atoms with Gasteiger partial charge in [0.25, 0.3) is 0 Å². The van der Waals surface area contributed by atoms with Gasteiger partial charge in [0.05, 0.1) is 31.0 Å². The van der Waals surface area contributed by atoms with Crippen LogP contribution in [0.15, 0.2) is 72.8 Å². The number of cyclic esters (lactones) is 1. The second-order valence-electron chi connectivity index (χ2n) is 13.5. The Labute approximate surface area is 296 Å². The highest BCUT2D eigenvalue weighted by Crippen LogP contribution is 2.29. The number of alkyl carbamates (subject to hydrolysis) is 1. The van der Waals surface area contributed by atoms with Crippen molar-refractivity contribution in [3.05, 3.63) is 95.3 Å². The Morgan fingerprint density at radius 2 is 1.57 bits per heavy atom. The number of halogens is 1. The Morgan fingerprint density at radius 3 is 2.24 bits per heavy atom. The van der Waals surface area contributed by atoms with Gasteiger partial charge < -0.3 is 29.9 Å². The fourth-order valence-electron chi connectivity index (χ4n) is 5.84. The molecule has 5 rings (SSSR count). The van der Waals surface area contributed by atoms with Gasteiger partial charge in [0.2, 0.25) is 5.91 Å². The van der Waals surface area contributed by atoms with Crippen LogP contribution in [0.3, 0.4) is 0 Å². The van der Waals surface area contributed by atoms with Crippen LogP contribution in [-0.4, -0.2) is 92.1 Å². The predicted octanol–water partition coefficient (Wildman–Crippen LogP) is 4.96. The van der Waals surface area contributed by atoms with Gasteiger partial charge in [0.15, 0.2) is 11.6 Å². The van der Waals surface area contributed by atoms with Crippen molar-refractivity contribution >= 4 is 41.0 Å². The number of hydrogen-bond donors (Lipinski definition) is 2. The molecule has 0 bridgehead atoms. The van der Waals surface area contributed by atoms with E-state index in [2.05, 4.69) is 10.6 Å². The molecule has 2 aliphatic heterocycles. The number of Topliss-reactive ketones (excluding diaryl/α,β-unsaturated/α-hetero) is 2. The first-order valence-corrected chi connectivity index (χ1v) is 17.0. The Kier molecular flexibility index (Phi) is 12.0. The molecule has 3 aromatic carbocycles. The van der Waals surface area contributed by atoms with Gasteiger partial charge in [0, 0.05) is 56.7 Å². The fourth-order valence-corrected chi connectivity index (χ4v) is 5.84. The van der Waals surface area contributed by atoms with E-state index in [1.807, 2.05) is 35.2 Å². The molecular weight excluding hydrogens is 657 g/mol. The van der Waals surface area contributed by atoms with E-state index in [0.29, 0.717) is 55.2 Å². The van der Waals surface area contributed by atoms with Gasteiger partial charge in [-0.3, -0.25) is 19.3 Å². The quantitative estimate of drug-likeness (QED) is 0.237. The Hall–Kier alpha value is -5.30. The Morgan fingerprint density at radius 1 is 0.882 bits per heavy atom. The van der Waals surface area contributed by atoms with E-state index in [9.17, 15) is 24.0 Å². The van der Waals surface area contributed by atoms with Crippen molar-refractivity contribution in [1.82, 2.24) is 15.5 Å². The summed E-state index contributed by atoms with van der Waals surface area (Å²) in [5.74, 6) is -0.769. The topological polar surface area (TPSA) is 138 Å². The SMILES string of the molecule is CC(C)(C)OC(=O)NC[C@H]1CN(c2ccc(N3CCN(C(=O)CCC(=O)c4ccc(CNCC(=O)c5ccccc5)cc4)CC3)c(F)c2)C(=O)O1.